The first-order valence-corrected chi connectivity index (χ1v) is 5.57. The zero-order chi connectivity index (χ0) is 13.9. The molecule has 0 saturated heterocycles. The first-order chi connectivity index (χ1) is 8.21. The quantitative estimate of drug-likeness (QED) is 0.697. The van der Waals surface area contributed by atoms with Crippen LogP contribution in [0.15, 0.2) is 12.1 Å². The van der Waals surface area contributed by atoms with Crippen LogP contribution in [0.2, 0.25) is 0 Å². The Morgan fingerprint density at radius 3 is 2.28 bits per heavy atom. The summed E-state index contributed by atoms with van der Waals surface area (Å²) in [4.78, 5) is 1.79. The molecule has 0 aromatic heterocycles. The minimum Gasteiger partial charge on any atom is -0.399 e. The number of nitrogen functional groups attached to an aromatic ring is 1. The molecule has 1 aromatic rings. The van der Waals surface area contributed by atoms with E-state index < -0.39 is 17.2 Å². The number of hydrogen-bond acceptors (Lipinski definition) is 4. The highest BCUT2D eigenvalue weighted by molar-refractivity contribution is 5.54. The zero-order valence-corrected chi connectivity index (χ0v) is 10.8. The number of benzene rings is 1. The maximum absolute atomic E-state index is 13.5. The largest absolute Gasteiger partial charge is 0.399 e. The lowest BCUT2D eigenvalue weighted by Crippen LogP contribution is -2.43. The molecule has 0 radical (unpaired) electrons. The lowest BCUT2D eigenvalue weighted by Gasteiger charge is -2.27. The summed E-state index contributed by atoms with van der Waals surface area (Å²) in [5.41, 5.74) is 3.97. The van der Waals surface area contributed by atoms with E-state index >= 15 is 0 Å². The Hall–Kier alpha value is -1.40. The van der Waals surface area contributed by atoms with Crippen molar-refractivity contribution in [3.05, 3.63) is 23.8 Å². The highest BCUT2D eigenvalue weighted by atomic mass is 19.1. The van der Waals surface area contributed by atoms with E-state index in [1.54, 1.807) is 25.9 Å². The smallest absolute Gasteiger partial charge is 0.151 e. The molecular formula is C12H19F2N3O. The van der Waals surface area contributed by atoms with E-state index in [-0.39, 0.29) is 17.9 Å². The van der Waals surface area contributed by atoms with Crippen LogP contribution in [0.1, 0.15) is 6.92 Å². The number of rotatable bonds is 5. The van der Waals surface area contributed by atoms with Crippen molar-refractivity contribution < 1.29 is 13.9 Å². The summed E-state index contributed by atoms with van der Waals surface area (Å²) >= 11 is 0. The van der Waals surface area contributed by atoms with Crippen LogP contribution in [0.4, 0.5) is 20.2 Å². The Kier molecular flexibility index (Phi) is 4.48. The molecule has 0 aliphatic carbocycles. The molecule has 6 heteroatoms. The van der Waals surface area contributed by atoms with E-state index in [9.17, 15) is 13.9 Å². The van der Waals surface area contributed by atoms with Crippen LogP contribution in [-0.4, -0.2) is 42.8 Å². The summed E-state index contributed by atoms with van der Waals surface area (Å²) in [5, 5.41) is 12.6. The molecule has 1 atom stereocenters. The van der Waals surface area contributed by atoms with E-state index in [1.807, 2.05) is 0 Å². The van der Waals surface area contributed by atoms with Crippen LogP contribution in [-0.2, 0) is 0 Å². The van der Waals surface area contributed by atoms with Gasteiger partial charge in [-0.2, -0.15) is 0 Å². The number of likely N-dealkylation sites (N-methyl/N-ethyl adjacent to an activating group) is 1. The predicted octanol–water partition coefficient (Wildman–Crippen LogP) is 1.27. The average molecular weight is 259 g/mol. The fourth-order valence-corrected chi connectivity index (χ4v) is 1.78. The zero-order valence-electron chi connectivity index (χ0n) is 10.8. The number of nitrogens with one attached hydrogen (secondary N) is 1. The second-order valence-corrected chi connectivity index (χ2v) is 4.95. The molecule has 1 rings (SSSR count). The van der Waals surface area contributed by atoms with Gasteiger partial charge in [0.15, 0.2) is 11.6 Å². The van der Waals surface area contributed by atoms with Crippen molar-refractivity contribution in [1.29, 1.82) is 0 Å². The number of hydrogen-bond donors (Lipinski definition) is 3. The van der Waals surface area contributed by atoms with Gasteiger partial charge in [0.2, 0.25) is 0 Å². The van der Waals surface area contributed by atoms with Crippen LogP contribution >= 0.6 is 0 Å². The van der Waals surface area contributed by atoms with Gasteiger partial charge in [0.1, 0.15) is 5.69 Å². The summed E-state index contributed by atoms with van der Waals surface area (Å²) < 4.78 is 26.9. The molecule has 4 nitrogen and oxygen atoms in total. The van der Waals surface area contributed by atoms with Crippen molar-refractivity contribution >= 4 is 11.4 Å². The second kappa shape index (κ2) is 5.49. The number of anilines is 2. The summed E-state index contributed by atoms with van der Waals surface area (Å²) in [6, 6.07) is 2.07. The monoisotopic (exact) mass is 259 g/mol. The first kappa shape index (κ1) is 14.7. The Morgan fingerprint density at radius 2 is 1.83 bits per heavy atom. The van der Waals surface area contributed by atoms with Crippen LogP contribution in [0.5, 0.6) is 0 Å². The highest BCUT2D eigenvalue weighted by Crippen LogP contribution is 2.22. The molecule has 1 aromatic carbocycles. The van der Waals surface area contributed by atoms with Crippen molar-refractivity contribution in [2.45, 2.75) is 12.5 Å². The minimum absolute atomic E-state index is 0.0237. The third kappa shape index (κ3) is 4.12. The Labute approximate surface area is 105 Å². The number of aliphatic hydroxyl groups is 1. The third-order valence-corrected chi connectivity index (χ3v) is 2.37. The van der Waals surface area contributed by atoms with Crippen molar-refractivity contribution in [2.24, 2.45) is 0 Å². The van der Waals surface area contributed by atoms with Crippen LogP contribution < -0.4 is 11.1 Å². The Morgan fingerprint density at radius 1 is 1.33 bits per heavy atom. The second-order valence-electron chi connectivity index (χ2n) is 4.95. The maximum Gasteiger partial charge on any atom is 0.151 e. The first-order valence-electron chi connectivity index (χ1n) is 5.57. The van der Waals surface area contributed by atoms with Gasteiger partial charge in [0.05, 0.1) is 5.60 Å². The van der Waals surface area contributed by atoms with E-state index in [1.165, 1.54) is 0 Å². The Bertz CT molecular complexity index is 399. The van der Waals surface area contributed by atoms with Crippen molar-refractivity contribution in [2.75, 3.05) is 38.2 Å². The molecule has 0 amide bonds. The molecule has 0 heterocycles. The lowest BCUT2D eigenvalue weighted by atomic mass is 10.1. The molecule has 102 valence electrons. The lowest BCUT2D eigenvalue weighted by molar-refractivity contribution is 0.0459. The summed E-state index contributed by atoms with van der Waals surface area (Å²) in [6.45, 7) is 1.99. The van der Waals surface area contributed by atoms with Gasteiger partial charge in [-0.3, -0.25) is 0 Å². The molecule has 4 N–H and O–H groups in total. The SMILES string of the molecule is CN(C)CC(C)(O)CNc1c(F)cc(N)cc1F. The topological polar surface area (TPSA) is 61.5 Å². The molecule has 0 bridgehead atoms. The molecule has 0 spiro atoms. The standard InChI is InChI=1S/C12H19F2N3O/c1-12(18,7-17(2)3)6-16-11-9(13)4-8(15)5-10(11)14/h4-5,16,18H,6-7,15H2,1-3H3. The summed E-state index contributed by atoms with van der Waals surface area (Å²) in [6.07, 6.45) is 0. The van der Waals surface area contributed by atoms with Gasteiger partial charge in [0, 0.05) is 18.8 Å². The van der Waals surface area contributed by atoms with E-state index in [2.05, 4.69) is 5.32 Å². The van der Waals surface area contributed by atoms with Gasteiger partial charge < -0.3 is 21.1 Å². The van der Waals surface area contributed by atoms with Crippen LogP contribution in [0, 0.1) is 11.6 Å². The van der Waals surface area contributed by atoms with Gasteiger partial charge in [-0.15, -0.1) is 0 Å². The van der Waals surface area contributed by atoms with E-state index in [0.29, 0.717) is 6.54 Å². The van der Waals surface area contributed by atoms with Gasteiger partial charge in [-0.05, 0) is 33.2 Å². The van der Waals surface area contributed by atoms with Gasteiger partial charge in [-0.1, -0.05) is 0 Å². The summed E-state index contributed by atoms with van der Waals surface area (Å²) in [7, 11) is 3.61. The van der Waals surface area contributed by atoms with Crippen LogP contribution in [0.25, 0.3) is 0 Å². The van der Waals surface area contributed by atoms with Crippen LogP contribution in [0.3, 0.4) is 0 Å². The number of nitrogens with two attached hydrogens (primary N) is 1. The molecule has 18 heavy (non-hydrogen) atoms. The normalized spacial score (nSPS) is 14.6. The fourth-order valence-electron chi connectivity index (χ4n) is 1.78. The molecular weight excluding hydrogens is 240 g/mol. The van der Waals surface area contributed by atoms with Gasteiger partial charge >= 0.3 is 0 Å². The summed E-state index contributed by atoms with van der Waals surface area (Å²) in [5.74, 6) is -1.54. The van der Waals surface area contributed by atoms with Crippen molar-refractivity contribution in [3.8, 4) is 0 Å². The molecule has 0 aliphatic heterocycles. The average Bonchev–Trinajstić information content (AvgIpc) is 2.12. The highest BCUT2D eigenvalue weighted by Gasteiger charge is 2.22. The molecule has 0 saturated carbocycles. The van der Waals surface area contributed by atoms with Gasteiger partial charge in [0.25, 0.3) is 0 Å². The molecule has 1 unspecified atom stereocenters. The van der Waals surface area contributed by atoms with Gasteiger partial charge in [-0.25, -0.2) is 8.78 Å². The Balaban J connectivity index is 2.75. The minimum atomic E-state index is -1.09. The number of nitrogens with zero attached hydrogens (tertiary/aromatic N) is 1. The third-order valence-electron chi connectivity index (χ3n) is 2.37. The van der Waals surface area contributed by atoms with E-state index in [4.69, 9.17) is 5.73 Å². The predicted molar refractivity (Wildman–Crippen MR) is 68.4 cm³/mol. The van der Waals surface area contributed by atoms with Crippen molar-refractivity contribution in [3.63, 3.8) is 0 Å². The van der Waals surface area contributed by atoms with Crippen molar-refractivity contribution in [1.82, 2.24) is 4.90 Å². The molecule has 0 fully saturated rings. The van der Waals surface area contributed by atoms with E-state index in [0.717, 1.165) is 12.1 Å². The fraction of sp³-hybridized carbons (Fsp3) is 0.500. The number of halogens is 2. The maximum atomic E-state index is 13.5. The molecule has 0 aliphatic rings.